The molecule has 2 unspecified atom stereocenters. The highest BCUT2D eigenvalue weighted by molar-refractivity contribution is 5.97. The van der Waals surface area contributed by atoms with Gasteiger partial charge < -0.3 is 10.2 Å². The molecule has 0 aromatic rings. The first-order valence-corrected chi connectivity index (χ1v) is 5.87. The zero-order chi connectivity index (χ0) is 11.7. The van der Waals surface area contributed by atoms with Crippen molar-refractivity contribution in [3.8, 4) is 0 Å². The molecule has 0 spiro atoms. The van der Waals surface area contributed by atoms with E-state index >= 15 is 0 Å². The summed E-state index contributed by atoms with van der Waals surface area (Å²) in [7, 11) is 0. The van der Waals surface area contributed by atoms with Crippen LogP contribution in [0.1, 0.15) is 26.7 Å². The minimum atomic E-state index is -0.348. The van der Waals surface area contributed by atoms with Crippen molar-refractivity contribution in [3.05, 3.63) is 12.2 Å². The number of hydrogen-bond donors (Lipinski definition) is 1. The average Bonchev–Trinajstić information content (AvgIpc) is 3.07. The van der Waals surface area contributed by atoms with Gasteiger partial charge in [0, 0.05) is 6.54 Å². The van der Waals surface area contributed by atoms with Crippen LogP contribution in [0.15, 0.2) is 12.2 Å². The Morgan fingerprint density at radius 1 is 1.44 bits per heavy atom. The minimum absolute atomic E-state index is 0.0268. The molecule has 16 heavy (non-hydrogen) atoms. The summed E-state index contributed by atoms with van der Waals surface area (Å²) >= 11 is 0. The van der Waals surface area contributed by atoms with Gasteiger partial charge in [-0.1, -0.05) is 12.2 Å². The van der Waals surface area contributed by atoms with Gasteiger partial charge in [0.05, 0.1) is 0 Å². The van der Waals surface area contributed by atoms with Gasteiger partial charge in [0.15, 0.2) is 0 Å². The monoisotopic (exact) mass is 222 g/mol. The largest absolute Gasteiger partial charge is 0.342 e. The van der Waals surface area contributed by atoms with E-state index in [1.165, 1.54) is 0 Å². The van der Waals surface area contributed by atoms with E-state index in [4.69, 9.17) is 0 Å². The number of rotatable bonds is 3. The van der Waals surface area contributed by atoms with E-state index in [-0.39, 0.29) is 23.9 Å². The third-order valence-corrected chi connectivity index (χ3v) is 3.33. The Bertz CT molecular complexity index is 334. The van der Waals surface area contributed by atoms with Gasteiger partial charge in [-0.2, -0.15) is 0 Å². The molecular formula is C12H18N2O2. The number of carbonyl (C=O) groups is 2. The maximum absolute atomic E-state index is 12.1. The second kappa shape index (κ2) is 4.28. The molecule has 1 aliphatic carbocycles. The normalized spacial score (nSPS) is 31.0. The van der Waals surface area contributed by atoms with E-state index in [9.17, 15) is 9.59 Å². The molecule has 2 atom stereocenters. The van der Waals surface area contributed by atoms with E-state index in [0.717, 1.165) is 12.8 Å². The Hall–Kier alpha value is -1.32. The molecule has 1 saturated carbocycles. The third-order valence-electron chi connectivity index (χ3n) is 3.33. The molecule has 0 aromatic carbocycles. The van der Waals surface area contributed by atoms with Crippen molar-refractivity contribution in [2.45, 2.75) is 38.8 Å². The predicted molar refractivity (Wildman–Crippen MR) is 60.6 cm³/mol. The molecule has 2 fully saturated rings. The summed E-state index contributed by atoms with van der Waals surface area (Å²) in [5.41, 5.74) is 0. The van der Waals surface area contributed by atoms with Crippen molar-refractivity contribution in [2.75, 3.05) is 6.54 Å². The highest BCUT2D eigenvalue weighted by atomic mass is 16.2. The van der Waals surface area contributed by atoms with Crippen LogP contribution in [0, 0.1) is 5.92 Å². The summed E-state index contributed by atoms with van der Waals surface area (Å²) in [6.07, 6.45) is 5.93. The number of carbonyl (C=O) groups excluding carboxylic acids is 2. The summed E-state index contributed by atoms with van der Waals surface area (Å²) in [6.45, 7) is 4.23. The molecule has 0 radical (unpaired) electrons. The van der Waals surface area contributed by atoms with Crippen LogP contribution >= 0.6 is 0 Å². The Morgan fingerprint density at radius 2 is 2.12 bits per heavy atom. The Balaban J connectivity index is 2.12. The smallest absolute Gasteiger partial charge is 0.246 e. The fourth-order valence-corrected chi connectivity index (χ4v) is 2.06. The topological polar surface area (TPSA) is 49.4 Å². The first kappa shape index (κ1) is 11.2. The molecule has 2 rings (SSSR count). The summed E-state index contributed by atoms with van der Waals surface area (Å²) in [5.74, 6) is 0.422. The molecule has 0 aromatic heterocycles. The van der Waals surface area contributed by atoms with E-state index in [1.54, 1.807) is 11.8 Å². The summed E-state index contributed by atoms with van der Waals surface area (Å²) < 4.78 is 0. The van der Waals surface area contributed by atoms with E-state index < -0.39 is 0 Å². The number of hydrogen-bond acceptors (Lipinski definition) is 2. The second-order valence-corrected chi connectivity index (χ2v) is 4.56. The van der Waals surface area contributed by atoms with Crippen LogP contribution < -0.4 is 5.32 Å². The minimum Gasteiger partial charge on any atom is -0.342 e. The van der Waals surface area contributed by atoms with Crippen LogP contribution in [0.3, 0.4) is 0 Å². The maximum Gasteiger partial charge on any atom is 0.246 e. The standard InChI is InChI=1S/C12H18N2O2/c1-3-4-7-14-8(2)11(15)13-10(12(14)16)9-5-6-9/h3-4,8-10H,5-7H2,1-2H3,(H,13,15)/b4-3+. The molecule has 4 nitrogen and oxygen atoms in total. The van der Waals surface area contributed by atoms with Gasteiger partial charge >= 0.3 is 0 Å². The zero-order valence-electron chi connectivity index (χ0n) is 9.77. The fraction of sp³-hybridized carbons (Fsp3) is 0.667. The quantitative estimate of drug-likeness (QED) is 0.714. The lowest BCUT2D eigenvalue weighted by atomic mass is 10.0. The zero-order valence-corrected chi connectivity index (χ0v) is 9.77. The second-order valence-electron chi connectivity index (χ2n) is 4.56. The van der Waals surface area contributed by atoms with Gasteiger partial charge in [-0.05, 0) is 32.6 Å². The first-order chi connectivity index (χ1) is 7.65. The van der Waals surface area contributed by atoms with Crippen LogP contribution in [0.25, 0.3) is 0 Å². The molecule has 1 aliphatic heterocycles. The SMILES string of the molecule is C/C=C/CN1C(=O)C(C2CC2)NC(=O)C1C. The fourth-order valence-electron chi connectivity index (χ4n) is 2.06. The number of amides is 2. The Kier molecular flexibility index (Phi) is 2.99. The highest BCUT2D eigenvalue weighted by Crippen LogP contribution is 2.34. The number of allylic oxidation sites excluding steroid dienone is 1. The van der Waals surface area contributed by atoms with Crippen molar-refractivity contribution in [3.63, 3.8) is 0 Å². The van der Waals surface area contributed by atoms with Gasteiger partial charge in [0.2, 0.25) is 11.8 Å². The van der Waals surface area contributed by atoms with Crippen LogP contribution in [-0.4, -0.2) is 35.3 Å². The number of nitrogens with zero attached hydrogens (tertiary/aromatic N) is 1. The van der Waals surface area contributed by atoms with Gasteiger partial charge in [0.1, 0.15) is 12.1 Å². The van der Waals surface area contributed by atoms with Gasteiger partial charge in [-0.15, -0.1) is 0 Å². The van der Waals surface area contributed by atoms with Crippen molar-refractivity contribution in [1.82, 2.24) is 10.2 Å². The van der Waals surface area contributed by atoms with E-state index in [1.807, 2.05) is 19.1 Å². The molecule has 4 heteroatoms. The van der Waals surface area contributed by atoms with Crippen LogP contribution in [-0.2, 0) is 9.59 Å². The summed E-state index contributed by atoms with van der Waals surface area (Å²) in [6, 6.07) is -0.618. The molecule has 1 heterocycles. The molecule has 1 N–H and O–H groups in total. The van der Waals surface area contributed by atoms with Gasteiger partial charge in [0.25, 0.3) is 0 Å². The maximum atomic E-state index is 12.1. The molecule has 1 saturated heterocycles. The lowest BCUT2D eigenvalue weighted by Crippen LogP contribution is -2.63. The molecule has 0 bridgehead atoms. The predicted octanol–water partition coefficient (Wildman–Crippen LogP) is 0.688. The van der Waals surface area contributed by atoms with Crippen molar-refractivity contribution in [1.29, 1.82) is 0 Å². The highest BCUT2D eigenvalue weighted by Gasteiger charge is 2.44. The summed E-state index contributed by atoms with van der Waals surface area (Å²) in [5, 5.41) is 2.83. The van der Waals surface area contributed by atoms with Crippen molar-refractivity contribution >= 4 is 11.8 Å². The number of nitrogens with one attached hydrogen (secondary N) is 1. The first-order valence-electron chi connectivity index (χ1n) is 5.87. The van der Waals surface area contributed by atoms with Crippen LogP contribution in [0.5, 0.6) is 0 Å². The third kappa shape index (κ3) is 1.96. The van der Waals surface area contributed by atoms with Gasteiger partial charge in [-0.25, -0.2) is 0 Å². The molecular weight excluding hydrogens is 204 g/mol. The van der Waals surface area contributed by atoms with E-state index in [2.05, 4.69) is 5.32 Å². The summed E-state index contributed by atoms with van der Waals surface area (Å²) in [4.78, 5) is 25.5. The van der Waals surface area contributed by atoms with Crippen molar-refractivity contribution < 1.29 is 9.59 Å². The molecule has 2 aliphatic rings. The van der Waals surface area contributed by atoms with Gasteiger partial charge in [-0.3, -0.25) is 9.59 Å². The van der Waals surface area contributed by atoms with Crippen LogP contribution in [0.2, 0.25) is 0 Å². The van der Waals surface area contributed by atoms with Crippen molar-refractivity contribution in [2.24, 2.45) is 5.92 Å². The van der Waals surface area contributed by atoms with E-state index in [0.29, 0.717) is 12.5 Å². The Labute approximate surface area is 95.7 Å². The molecule has 2 amide bonds. The lowest BCUT2D eigenvalue weighted by Gasteiger charge is -2.36. The lowest BCUT2D eigenvalue weighted by molar-refractivity contribution is -0.148. The van der Waals surface area contributed by atoms with Crippen LogP contribution in [0.4, 0.5) is 0 Å². The Morgan fingerprint density at radius 3 is 2.69 bits per heavy atom. The molecule has 88 valence electrons. The average molecular weight is 222 g/mol. The number of piperazine rings is 1.